The number of carbonyl (C=O) groups is 1. The Morgan fingerprint density at radius 1 is 1.24 bits per heavy atom. The first-order valence-corrected chi connectivity index (χ1v) is 8.56. The van der Waals surface area contributed by atoms with Gasteiger partial charge >= 0.3 is 0 Å². The third kappa shape index (κ3) is 3.43. The molecule has 2 aromatic carbocycles. The largest absolute Gasteiger partial charge is 0.392 e. The molecule has 4 rings (SSSR count). The minimum absolute atomic E-state index is 0.119. The standard InChI is InChI=1S/C20H21N3O2/c24-16-8-9-23(13-16)12-14-4-3-5-15(10-14)22-20(25)18-11-21-19-7-2-1-6-17(18)19/h1-7,10-11,16,21,24H,8-9,12-13H2,(H,22,25). The van der Waals surface area contributed by atoms with E-state index in [9.17, 15) is 9.90 Å². The molecule has 5 heteroatoms. The molecule has 1 aliphatic heterocycles. The summed E-state index contributed by atoms with van der Waals surface area (Å²) in [6.45, 7) is 2.41. The molecule has 1 amide bonds. The van der Waals surface area contributed by atoms with E-state index in [1.54, 1.807) is 6.20 Å². The highest BCUT2D eigenvalue weighted by atomic mass is 16.3. The van der Waals surface area contributed by atoms with Gasteiger partial charge in [0.05, 0.1) is 11.7 Å². The number of fused-ring (bicyclic) bond motifs is 1. The number of para-hydroxylation sites is 1. The van der Waals surface area contributed by atoms with Gasteiger partial charge in [-0.1, -0.05) is 30.3 Å². The van der Waals surface area contributed by atoms with Crippen LogP contribution in [0.25, 0.3) is 10.9 Å². The maximum atomic E-state index is 12.6. The van der Waals surface area contributed by atoms with Crippen LogP contribution in [0.4, 0.5) is 5.69 Å². The molecule has 2 heterocycles. The van der Waals surface area contributed by atoms with Gasteiger partial charge in [0.1, 0.15) is 0 Å². The lowest BCUT2D eigenvalue weighted by atomic mass is 10.1. The second-order valence-corrected chi connectivity index (χ2v) is 6.58. The van der Waals surface area contributed by atoms with E-state index in [2.05, 4.69) is 15.2 Å². The number of aliphatic hydroxyl groups excluding tert-OH is 1. The van der Waals surface area contributed by atoms with Crippen LogP contribution in [-0.4, -0.2) is 40.1 Å². The van der Waals surface area contributed by atoms with E-state index in [1.807, 2.05) is 48.5 Å². The maximum Gasteiger partial charge on any atom is 0.257 e. The van der Waals surface area contributed by atoms with Crippen molar-refractivity contribution in [3.05, 3.63) is 65.9 Å². The first-order chi connectivity index (χ1) is 12.2. The number of amides is 1. The Labute approximate surface area is 146 Å². The summed E-state index contributed by atoms with van der Waals surface area (Å²) in [5, 5.41) is 13.5. The fraction of sp³-hybridized carbons (Fsp3) is 0.250. The number of carbonyl (C=O) groups excluding carboxylic acids is 1. The topological polar surface area (TPSA) is 68.4 Å². The van der Waals surface area contributed by atoms with Crippen LogP contribution in [0.2, 0.25) is 0 Å². The van der Waals surface area contributed by atoms with Gasteiger partial charge in [0.2, 0.25) is 0 Å². The highest BCUT2D eigenvalue weighted by molar-refractivity contribution is 6.12. The van der Waals surface area contributed by atoms with Gasteiger partial charge in [0.15, 0.2) is 0 Å². The molecule has 25 heavy (non-hydrogen) atoms. The van der Waals surface area contributed by atoms with E-state index >= 15 is 0 Å². The Morgan fingerprint density at radius 2 is 2.12 bits per heavy atom. The molecule has 1 unspecified atom stereocenters. The summed E-state index contributed by atoms with van der Waals surface area (Å²) in [6.07, 6.45) is 2.36. The fourth-order valence-electron chi connectivity index (χ4n) is 3.42. The molecule has 5 nitrogen and oxygen atoms in total. The molecule has 1 atom stereocenters. The number of nitrogens with zero attached hydrogens (tertiary/aromatic N) is 1. The summed E-state index contributed by atoms with van der Waals surface area (Å²) < 4.78 is 0. The SMILES string of the molecule is O=C(Nc1cccc(CN2CCC(O)C2)c1)c1c[nH]c2ccccc12. The number of rotatable bonds is 4. The van der Waals surface area contributed by atoms with E-state index in [1.165, 1.54) is 0 Å². The molecular formula is C20H21N3O2. The third-order valence-corrected chi connectivity index (χ3v) is 4.67. The monoisotopic (exact) mass is 335 g/mol. The second kappa shape index (κ2) is 6.70. The van der Waals surface area contributed by atoms with Gasteiger partial charge in [0, 0.05) is 42.4 Å². The number of aliphatic hydroxyl groups is 1. The van der Waals surface area contributed by atoms with Crippen LogP contribution < -0.4 is 5.32 Å². The molecule has 128 valence electrons. The predicted octanol–water partition coefficient (Wildman–Crippen LogP) is 2.99. The van der Waals surface area contributed by atoms with E-state index in [0.29, 0.717) is 12.1 Å². The Balaban J connectivity index is 1.49. The number of nitrogens with one attached hydrogen (secondary N) is 2. The Hall–Kier alpha value is -2.63. The summed E-state index contributed by atoms with van der Waals surface area (Å²) in [5.41, 5.74) is 3.51. The molecule has 1 aliphatic rings. The lowest BCUT2D eigenvalue weighted by Crippen LogP contribution is -2.21. The Kier molecular flexibility index (Phi) is 4.26. The zero-order chi connectivity index (χ0) is 17.2. The van der Waals surface area contributed by atoms with Gasteiger partial charge in [-0.3, -0.25) is 9.69 Å². The van der Waals surface area contributed by atoms with E-state index < -0.39 is 0 Å². The van der Waals surface area contributed by atoms with Crippen molar-refractivity contribution in [1.29, 1.82) is 0 Å². The first-order valence-electron chi connectivity index (χ1n) is 8.56. The predicted molar refractivity (Wildman–Crippen MR) is 98.6 cm³/mol. The molecule has 0 spiro atoms. The number of β-amino-alcohol motifs (C(OH)–C–C–N with tert-alkyl or cyclic N) is 1. The number of anilines is 1. The smallest absolute Gasteiger partial charge is 0.257 e. The molecule has 1 fully saturated rings. The number of benzene rings is 2. The number of hydrogen-bond donors (Lipinski definition) is 3. The minimum atomic E-state index is -0.218. The van der Waals surface area contributed by atoms with Crippen molar-refractivity contribution in [2.24, 2.45) is 0 Å². The van der Waals surface area contributed by atoms with Gasteiger partial charge < -0.3 is 15.4 Å². The molecular weight excluding hydrogens is 314 g/mol. The van der Waals surface area contributed by atoms with Crippen molar-refractivity contribution >= 4 is 22.5 Å². The minimum Gasteiger partial charge on any atom is -0.392 e. The summed E-state index contributed by atoms with van der Waals surface area (Å²) in [4.78, 5) is 18.0. The Bertz CT molecular complexity index is 903. The number of aromatic amines is 1. The van der Waals surface area contributed by atoms with Crippen molar-refractivity contribution in [3.8, 4) is 0 Å². The van der Waals surface area contributed by atoms with Gasteiger partial charge in [-0.25, -0.2) is 0 Å². The van der Waals surface area contributed by atoms with Crippen molar-refractivity contribution in [2.75, 3.05) is 18.4 Å². The van der Waals surface area contributed by atoms with Crippen molar-refractivity contribution in [3.63, 3.8) is 0 Å². The normalized spacial score (nSPS) is 17.9. The molecule has 0 bridgehead atoms. The molecule has 3 N–H and O–H groups in total. The highest BCUT2D eigenvalue weighted by Crippen LogP contribution is 2.20. The number of aromatic nitrogens is 1. The lowest BCUT2D eigenvalue weighted by Gasteiger charge is -2.15. The van der Waals surface area contributed by atoms with Crippen LogP contribution in [0.15, 0.2) is 54.7 Å². The summed E-state index contributed by atoms with van der Waals surface area (Å²) in [7, 11) is 0. The van der Waals surface area contributed by atoms with Crippen LogP contribution in [0, 0.1) is 0 Å². The molecule has 3 aromatic rings. The van der Waals surface area contributed by atoms with E-state index in [0.717, 1.165) is 41.7 Å². The van der Waals surface area contributed by atoms with Crippen molar-refractivity contribution in [2.45, 2.75) is 19.1 Å². The van der Waals surface area contributed by atoms with Crippen molar-refractivity contribution < 1.29 is 9.90 Å². The average Bonchev–Trinajstić information content (AvgIpc) is 3.21. The average molecular weight is 335 g/mol. The second-order valence-electron chi connectivity index (χ2n) is 6.58. The molecule has 1 aromatic heterocycles. The number of hydrogen-bond acceptors (Lipinski definition) is 3. The highest BCUT2D eigenvalue weighted by Gasteiger charge is 2.20. The van der Waals surface area contributed by atoms with Gasteiger partial charge in [-0.2, -0.15) is 0 Å². The van der Waals surface area contributed by atoms with E-state index in [-0.39, 0.29) is 12.0 Å². The molecule has 0 radical (unpaired) electrons. The molecule has 0 saturated carbocycles. The van der Waals surface area contributed by atoms with Gasteiger partial charge in [0.25, 0.3) is 5.91 Å². The van der Waals surface area contributed by atoms with Crippen LogP contribution in [0.1, 0.15) is 22.3 Å². The molecule has 1 saturated heterocycles. The quantitative estimate of drug-likeness (QED) is 0.686. The number of H-pyrrole nitrogens is 1. The zero-order valence-corrected chi connectivity index (χ0v) is 13.9. The third-order valence-electron chi connectivity index (χ3n) is 4.67. The van der Waals surface area contributed by atoms with Crippen molar-refractivity contribution in [1.82, 2.24) is 9.88 Å². The lowest BCUT2D eigenvalue weighted by molar-refractivity contribution is 0.102. The molecule has 0 aliphatic carbocycles. The first kappa shape index (κ1) is 15.9. The maximum absolute atomic E-state index is 12.6. The summed E-state index contributed by atoms with van der Waals surface area (Å²) >= 11 is 0. The van der Waals surface area contributed by atoms with Gasteiger partial charge in [-0.15, -0.1) is 0 Å². The van der Waals surface area contributed by atoms with Crippen LogP contribution in [-0.2, 0) is 6.54 Å². The summed E-state index contributed by atoms with van der Waals surface area (Å²) in [5.74, 6) is -0.119. The fourth-order valence-corrected chi connectivity index (χ4v) is 3.42. The van der Waals surface area contributed by atoms with E-state index in [4.69, 9.17) is 0 Å². The Morgan fingerprint density at radius 3 is 2.96 bits per heavy atom. The summed E-state index contributed by atoms with van der Waals surface area (Å²) in [6, 6.07) is 15.7. The van der Waals surface area contributed by atoms with Gasteiger partial charge in [-0.05, 0) is 30.2 Å². The zero-order valence-electron chi connectivity index (χ0n) is 13.9. The van der Waals surface area contributed by atoms with Crippen LogP contribution >= 0.6 is 0 Å². The van der Waals surface area contributed by atoms with Crippen LogP contribution in [0.5, 0.6) is 0 Å². The van der Waals surface area contributed by atoms with Crippen LogP contribution in [0.3, 0.4) is 0 Å². The number of likely N-dealkylation sites (tertiary alicyclic amines) is 1.